The molecule has 3 N–H and O–H groups in total. The van der Waals surface area contributed by atoms with Gasteiger partial charge in [-0.05, 0) is 62.2 Å². The van der Waals surface area contributed by atoms with E-state index in [1.807, 2.05) is 0 Å². The maximum Gasteiger partial charge on any atom is 0.242 e. The van der Waals surface area contributed by atoms with Gasteiger partial charge >= 0.3 is 0 Å². The molecule has 1 fully saturated rings. The molecule has 2 aromatic rings. The summed E-state index contributed by atoms with van der Waals surface area (Å²) in [5.41, 5.74) is 0.712. The standard InChI is InChI=1S/C22H27N3O6S2/c1-15(25-33(30,31)20-12-10-17(11-13-20)23-16(2)26)22(27)24-18-6-5-9-21(14-18)32(28,29)19-7-3-4-8-19/h5-6,9-15,19,25H,3-4,7-8H2,1-2H3,(H,23,26)(H,24,27)/t15-/m0/s1. The minimum absolute atomic E-state index is 0.0686. The van der Waals surface area contributed by atoms with Crippen molar-refractivity contribution in [3.63, 3.8) is 0 Å². The molecule has 2 aromatic carbocycles. The highest BCUT2D eigenvalue weighted by atomic mass is 32.2. The summed E-state index contributed by atoms with van der Waals surface area (Å²) in [6.07, 6.45) is 3.02. The van der Waals surface area contributed by atoms with Crippen LogP contribution in [-0.4, -0.2) is 39.9 Å². The molecule has 178 valence electrons. The summed E-state index contributed by atoms with van der Waals surface area (Å²) in [7, 11) is -7.49. The molecule has 11 heteroatoms. The van der Waals surface area contributed by atoms with Gasteiger partial charge < -0.3 is 10.6 Å². The molecular formula is C22H27N3O6S2. The largest absolute Gasteiger partial charge is 0.326 e. The van der Waals surface area contributed by atoms with Crippen LogP contribution in [0.2, 0.25) is 0 Å². The average Bonchev–Trinajstić information content (AvgIpc) is 3.29. The lowest BCUT2D eigenvalue weighted by Crippen LogP contribution is -2.41. The van der Waals surface area contributed by atoms with Gasteiger partial charge in [-0.3, -0.25) is 9.59 Å². The monoisotopic (exact) mass is 493 g/mol. The molecule has 0 spiro atoms. The maximum absolute atomic E-state index is 12.8. The molecule has 2 amide bonds. The Bertz CT molecular complexity index is 1240. The number of amides is 2. The number of carbonyl (C=O) groups is 2. The van der Waals surface area contributed by atoms with Crippen LogP contribution in [0.5, 0.6) is 0 Å². The van der Waals surface area contributed by atoms with E-state index in [-0.39, 0.29) is 21.4 Å². The number of sulfone groups is 1. The molecule has 9 nitrogen and oxygen atoms in total. The summed E-state index contributed by atoms with van der Waals surface area (Å²) in [6.45, 7) is 2.73. The first-order chi connectivity index (χ1) is 15.5. The molecule has 0 saturated heterocycles. The van der Waals surface area contributed by atoms with Gasteiger partial charge in [-0.2, -0.15) is 4.72 Å². The molecule has 0 aliphatic heterocycles. The third-order valence-corrected chi connectivity index (χ3v) is 9.20. The normalized spacial score (nSPS) is 15.7. The summed E-state index contributed by atoms with van der Waals surface area (Å²) in [5.74, 6) is -0.919. The Labute approximate surface area is 193 Å². The first-order valence-corrected chi connectivity index (χ1v) is 13.6. The number of nitrogens with one attached hydrogen (secondary N) is 3. The molecule has 1 aliphatic carbocycles. The average molecular weight is 494 g/mol. The fourth-order valence-corrected chi connectivity index (χ4v) is 6.77. The van der Waals surface area contributed by atoms with Crippen molar-refractivity contribution in [2.24, 2.45) is 0 Å². The lowest BCUT2D eigenvalue weighted by atomic mass is 10.3. The predicted molar refractivity (Wildman–Crippen MR) is 125 cm³/mol. The van der Waals surface area contributed by atoms with Crippen molar-refractivity contribution in [1.82, 2.24) is 4.72 Å². The van der Waals surface area contributed by atoms with Crippen LogP contribution >= 0.6 is 0 Å². The molecule has 1 saturated carbocycles. The van der Waals surface area contributed by atoms with Gasteiger partial charge in [-0.1, -0.05) is 18.9 Å². The van der Waals surface area contributed by atoms with Crippen LogP contribution in [0, 0.1) is 0 Å². The minimum Gasteiger partial charge on any atom is -0.326 e. The van der Waals surface area contributed by atoms with E-state index >= 15 is 0 Å². The summed E-state index contributed by atoms with van der Waals surface area (Å²) in [4.78, 5) is 23.7. The molecule has 33 heavy (non-hydrogen) atoms. The van der Waals surface area contributed by atoms with E-state index in [1.54, 1.807) is 12.1 Å². The fourth-order valence-electron chi connectivity index (χ4n) is 3.67. The van der Waals surface area contributed by atoms with E-state index in [0.29, 0.717) is 18.5 Å². The summed E-state index contributed by atoms with van der Waals surface area (Å²) in [6, 6.07) is 10.4. The van der Waals surface area contributed by atoms with Gasteiger partial charge in [-0.15, -0.1) is 0 Å². The zero-order valence-electron chi connectivity index (χ0n) is 18.4. The van der Waals surface area contributed by atoms with Crippen LogP contribution in [0.3, 0.4) is 0 Å². The van der Waals surface area contributed by atoms with Gasteiger partial charge in [0, 0.05) is 18.3 Å². The van der Waals surface area contributed by atoms with Crippen molar-refractivity contribution < 1.29 is 26.4 Å². The maximum atomic E-state index is 12.8. The molecule has 0 aromatic heterocycles. The van der Waals surface area contributed by atoms with E-state index in [0.717, 1.165) is 12.8 Å². The number of hydrogen-bond acceptors (Lipinski definition) is 6. The molecule has 0 bridgehead atoms. The predicted octanol–water partition coefficient (Wildman–Crippen LogP) is 2.67. The van der Waals surface area contributed by atoms with E-state index in [1.165, 1.54) is 50.2 Å². The third-order valence-electron chi connectivity index (χ3n) is 5.38. The third kappa shape index (κ3) is 6.18. The number of benzene rings is 2. The number of hydrogen-bond donors (Lipinski definition) is 3. The van der Waals surface area contributed by atoms with Crippen LogP contribution in [0.4, 0.5) is 11.4 Å². The quantitative estimate of drug-likeness (QED) is 0.517. The van der Waals surface area contributed by atoms with E-state index in [4.69, 9.17) is 0 Å². The molecule has 0 radical (unpaired) electrons. The summed E-state index contributed by atoms with van der Waals surface area (Å²) >= 11 is 0. The number of carbonyl (C=O) groups excluding carboxylic acids is 2. The van der Waals surface area contributed by atoms with E-state index < -0.39 is 37.1 Å². The van der Waals surface area contributed by atoms with Gasteiger partial charge in [0.1, 0.15) is 0 Å². The Balaban J connectivity index is 1.67. The summed E-state index contributed by atoms with van der Waals surface area (Å²) < 4.78 is 53.1. The second-order valence-corrected chi connectivity index (χ2v) is 12.0. The van der Waals surface area contributed by atoms with Gasteiger partial charge in [-0.25, -0.2) is 16.8 Å². The van der Waals surface area contributed by atoms with E-state index in [9.17, 15) is 26.4 Å². The van der Waals surface area contributed by atoms with Gasteiger partial charge in [0.05, 0.1) is 21.1 Å². The lowest BCUT2D eigenvalue weighted by Gasteiger charge is -2.16. The highest BCUT2D eigenvalue weighted by Crippen LogP contribution is 2.30. The van der Waals surface area contributed by atoms with Crippen molar-refractivity contribution in [2.45, 2.75) is 60.6 Å². The number of rotatable bonds is 8. The number of sulfonamides is 1. The Morgan fingerprint density at radius 1 is 0.879 bits per heavy atom. The highest BCUT2D eigenvalue weighted by Gasteiger charge is 2.30. The van der Waals surface area contributed by atoms with Gasteiger partial charge in [0.15, 0.2) is 9.84 Å². The van der Waals surface area contributed by atoms with Crippen molar-refractivity contribution in [2.75, 3.05) is 10.6 Å². The molecule has 3 rings (SSSR count). The zero-order chi connectivity index (χ0) is 24.2. The Morgan fingerprint density at radius 3 is 2.12 bits per heavy atom. The van der Waals surface area contributed by atoms with Crippen LogP contribution in [0.1, 0.15) is 39.5 Å². The SMILES string of the molecule is CC(=O)Nc1ccc(S(=O)(=O)N[C@@H](C)C(=O)Nc2cccc(S(=O)(=O)C3CCCC3)c2)cc1. The van der Waals surface area contributed by atoms with Crippen LogP contribution in [0.25, 0.3) is 0 Å². The van der Waals surface area contributed by atoms with Crippen LogP contribution in [0.15, 0.2) is 58.3 Å². The smallest absolute Gasteiger partial charge is 0.242 e. The van der Waals surface area contributed by atoms with Gasteiger partial charge in [0.25, 0.3) is 0 Å². The van der Waals surface area contributed by atoms with E-state index in [2.05, 4.69) is 15.4 Å². The Hall–Kier alpha value is -2.76. The number of anilines is 2. The van der Waals surface area contributed by atoms with Crippen molar-refractivity contribution in [1.29, 1.82) is 0 Å². The highest BCUT2D eigenvalue weighted by molar-refractivity contribution is 7.92. The molecule has 1 atom stereocenters. The second-order valence-electron chi connectivity index (χ2n) is 8.02. The summed E-state index contributed by atoms with van der Waals surface area (Å²) in [5, 5.41) is 4.70. The Morgan fingerprint density at radius 2 is 1.52 bits per heavy atom. The molecule has 1 aliphatic rings. The zero-order valence-corrected chi connectivity index (χ0v) is 20.0. The topological polar surface area (TPSA) is 139 Å². The van der Waals surface area contributed by atoms with Crippen molar-refractivity contribution in [3.05, 3.63) is 48.5 Å². The van der Waals surface area contributed by atoms with Crippen LogP contribution in [-0.2, 0) is 29.4 Å². The first kappa shape index (κ1) is 24.9. The van der Waals surface area contributed by atoms with Crippen molar-refractivity contribution in [3.8, 4) is 0 Å². The Kier molecular flexibility index (Phi) is 7.55. The molecular weight excluding hydrogens is 466 g/mol. The molecule has 0 heterocycles. The minimum atomic E-state index is -4.00. The van der Waals surface area contributed by atoms with Gasteiger partial charge in [0.2, 0.25) is 21.8 Å². The fraction of sp³-hybridized carbons (Fsp3) is 0.364. The van der Waals surface area contributed by atoms with Crippen LogP contribution < -0.4 is 15.4 Å². The van der Waals surface area contributed by atoms with Crippen molar-refractivity contribution >= 4 is 43.0 Å². The molecule has 0 unspecified atom stereocenters. The first-order valence-electron chi connectivity index (χ1n) is 10.5. The second kappa shape index (κ2) is 10.0. The lowest BCUT2D eigenvalue weighted by molar-refractivity contribution is -0.117.